The molecule has 0 aromatic rings. The summed E-state index contributed by atoms with van der Waals surface area (Å²) in [5, 5.41) is 0. The van der Waals surface area contributed by atoms with Crippen LogP contribution in [0.3, 0.4) is 0 Å². The Balaban J connectivity index is 4.60. The highest BCUT2D eigenvalue weighted by atomic mass is 32.3. The molecule has 1 N–H and O–H groups in total. The van der Waals surface area contributed by atoms with Gasteiger partial charge in [-0.2, -0.15) is 0 Å². The van der Waals surface area contributed by atoms with Crippen LogP contribution in [0.1, 0.15) is 0 Å². The average molecular weight is 273 g/mol. The lowest BCUT2D eigenvalue weighted by Gasteiger charge is -2.06. The van der Waals surface area contributed by atoms with Crippen LogP contribution in [0.5, 0.6) is 0 Å². The lowest BCUT2D eigenvalue weighted by Crippen LogP contribution is -2.37. The summed E-state index contributed by atoms with van der Waals surface area (Å²) >= 11 is 0. The summed E-state index contributed by atoms with van der Waals surface area (Å²) in [5.74, 6) is -3.51. The Morgan fingerprint density at radius 2 is 1.07 bits per heavy atom. The van der Waals surface area contributed by atoms with Crippen LogP contribution in [-0.2, 0) is 20.0 Å². The molecule has 92 valence electrons. The number of nitrogens with one attached hydrogen (secondary N) is 1. The van der Waals surface area contributed by atoms with E-state index in [-0.39, 0.29) is 0 Å². The highest BCUT2D eigenvalue weighted by Gasteiger charge is 2.26. The predicted octanol–water partition coefficient (Wildman–Crippen LogP) is -0.234. The molecule has 15 heavy (non-hydrogen) atoms. The summed E-state index contributed by atoms with van der Waals surface area (Å²) in [6, 6.07) is 0. The van der Waals surface area contributed by atoms with Gasteiger partial charge in [-0.3, -0.25) is 0 Å². The standard InChI is InChI=1S/C4H7F4NO4S2/c5-3(6)1-14(10,11)9-15(12,13)2-4(7)8/h3-4,9H,1-2H2. The van der Waals surface area contributed by atoms with Crippen LogP contribution >= 0.6 is 0 Å². The molecule has 0 saturated carbocycles. The van der Waals surface area contributed by atoms with Crippen molar-refractivity contribution >= 4 is 20.0 Å². The van der Waals surface area contributed by atoms with Gasteiger partial charge in [0.2, 0.25) is 20.0 Å². The van der Waals surface area contributed by atoms with Crippen LogP contribution < -0.4 is 4.13 Å². The fourth-order valence-electron chi connectivity index (χ4n) is 0.593. The van der Waals surface area contributed by atoms with E-state index in [4.69, 9.17) is 0 Å². The molecule has 0 atom stereocenters. The Kier molecular flexibility index (Phi) is 4.93. The molecule has 0 aliphatic heterocycles. The predicted molar refractivity (Wildman–Crippen MR) is 42.7 cm³/mol. The van der Waals surface area contributed by atoms with Gasteiger partial charge in [0.25, 0.3) is 12.9 Å². The molecule has 0 spiro atoms. The van der Waals surface area contributed by atoms with Crippen molar-refractivity contribution in [2.75, 3.05) is 11.5 Å². The molecule has 0 bridgehead atoms. The Hall–Kier alpha value is -0.420. The SMILES string of the molecule is O=S(=O)(CC(F)F)NS(=O)(=O)CC(F)F. The summed E-state index contributed by atoms with van der Waals surface area (Å²) < 4.78 is 89.7. The van der Waals surface area contributed by atoms with Gasteiger partial charge < -0.3 is 0 Å². The minimum atomic E-state index is -4.81. The van der Waals surface area contributed by atoms with E-state index in [0.29, 0.717) is 0 Å². The lowest BCUT2D eigenvalue weighted by atomic mass is 10.9. The molecule has 0 saturated heterocycles. The molecule has 0 unspecified atom stereocenters. The summed E-state index contributed by atoms with van der Waals surface area (Å²) in [6.45, 7) is 0. The van der Waals surface area contributed by atoms with Crippen molar-refractivity contribution in [3.63, 3.8) is 0 Å². The van der Waals surface area contributed by atoms with Gasteiger partial charge >= 0.3 is 0 Å². The number of hydrogen-bond acceptors (Lipinski definition) is 4. The maximum Gasteiger partial charge on any atom is 0.253 e. The van der Waals surface area contributed by atoms with Gasteiger partial charge in [-0.05, 0) is 0 Å². The first-order valence-corrected chi connectivity index (χ1v) is 6.65. The monoisotopic (exact) mass is 273 g/mol. The van der Waals surface area contributed by atoms with Crippen molar-refractivity contribution in [2.24, 2.45) is 0 Å². The first kappa shape index (κ1) is 14.6. The molecule has 0 aliphatic rings. The van der Waals surface area contributed by atoms with E-state index in [2.05, 4.69) is 0 Å². The van der Waals surface area contributed by atoms with Gasteiger partial charge in [-0.15, -0.1) is 4.13 Å². The van der Waals surface area contributed by atoms with Crippen molar-refractivity contribution in [1.29, 1.82) is 0 Å². The summed E-state index contributed by atoms with van der Waals surface area (Å²) in [6.07, 6.45) is -6.58. The third kappa shape index (κ3) is 7.50. The van der Waals surface area contributed by atoms with Crippen molar-refractivity contribution < 1.29 is 34.4 Å². The Morgan fingerprint density at radius 3 is 1.27 bits per heavy atom. The van der Waals surface area contributed by atoms with E-state index in [9.17, 15) is 34.4 Å². The Bertz CT molecular complexity index is 351. The van der Waals surface area contributed by atoms with Gasteiger partial charge in [0.1, 0.15) is 11.5 Å². The van der Waals surface area contributed by atoms with E-state index < -0.39 is 44.4 Å². The average Bonchev–Trinajstić information content (AvgIpc) is 1.73. The lowest BCUT2D eigenvalue weighted by molar-refractivity contribution is 0.174. The van der Waals surface area contributed by atoms with E-state index in [1.807, 2.05) is 0 Å². The zero-order valence-corrected chi connectivity index (χ0v) is 8.66. The number of hydrogen-bond donors (Lipinski definition) is 1. The number of rotatable bonds is 6. The van der Waals surface area contributed by atoms with Crippen molar-refractivity contribution in [1.82, 2.24) is 4.13 Å². The topological polar surface area (TPSA) is 80.3 Å². The molecule has 0 aromatic carbocycles. The molecule has 0 heterocycles. The fourth-order valence-corrected chi connectivity index (χ4v) is 3.35. The van der Waals surface area contributed by atoms with Gasteiger partial charge in [-0.1, -0.05) is 0 Å². The first-order valence-electron chi connectivity index (χ1n) is 3.34. The van der Waals surface area contributed by atoms with Crippen LogP contribution in [0.4, 0.5) is 17.6 Å². The molecule has 5 nitrogen and oxygen atoms in total. The van der Waals surface area contributed by atoms with Crippen LogP contribution in [0.2, 0.25) is 0 Å². The molecule has 0 radical (unpaired) electrons. The molecule has 11 heteroatoms. The molecular formula is C4H7F4NO4S2. The molecule has 0 rings (SSSR count). The van der Waals surface area contributed by atoms with Gasteiger partial charge in [0, 0.05) is 0 Å². The number of sulfonamides is 2. The molecule has 0 fully saturated rings. The highest BCUT2D eigenvalue weighted by molar-refractivity contribution is 8.04. The van der Waals surface area contributed by atoms with E-state index in [1.54, 1.807) is 0 Å². The normalized spacial score (nSPS) is 13.7. The van der Waals surface area contributed by atoms with Crippen molar-refractivity contribution in [3.8, 4) is 0 Å². The van der Waals surface area contributed by atoms with Crippen LogP contribution in [0.15, 0.2) is 0 Å². The number of alkyl halides is 4. The Morgan fingerprint density at radius 1 is 0.800 bits per heavy atom. The van der Waals surface area contributed by atoms with Gasteiger partial charge in [0.05, 0.1) is 0 Å². The quantitative estimate of drug-likeness (QED) is 0.678. The maximum absolute atomic E-state index is 11.6. The molecular weight excluding hydrogens is 266 g/mol. The smallest absolute Gasteiger partial charge is 0.211 e. The Labute approximate surface area is 83.6 Å². The van der Waals surface area contributed by atoms with E-state index in [1.165, 1.54) is 0 Å². The van der Waals surface area contributed by atoms with Gasteiger partial charge in [0.15, 0.2) is 0 Å². The third-order valence-corrected chi connectivity index (χ3v) is 4.36. The second-order valence-corrected chi connectivity index (χ2v) is 6.22. The largest absolute Gasteiger partial charge is 0.253 e. The summed E-state index contributed by atoms with van der Waals surface area (Å²) in [4.78, 5) is 0. The third-order valence-electron chi connectivity index (χ3n) is 0.945. The zero-order chi connectivity index (χ0) is 12.3. The maximum atomic E-state index is 11.6. The molecule has 0 aromatic heterocycles. The zero-order valence-electron chi connectivity index (χ0n) is 7.03. The number of halogens is 4. The van der Waals surface area contributed by atoms with Crippen LogP contribution in [-0.4, -0.2) is 41.2 Å². The van der Waals surface area contributed by atoms with E-state index in [0.717, 1.165) is 4.13 Å². The second kappa shape index (κ2) is 5.07. The van der Waals surface area contributed by atoms with Crippen LogP contribution in [0, 0.1) is 0 Å². The minimum absolute atomic E-state index is 0.780. The summed E-state index contributed by atoms with van der Waals surface area (Å²) in [7, 11) is -9.61. The van der Waals surface area contributed by atoms with E-state index >= 15 is 0 Å². The second-order valence-electron chi connectivity index (χ2n) is 2.43. The fraction of sp³-hybridized carbons (Fsp3) is 1.00. The first-order chi connectivity index (χ1) is 6.54. The minimum Gasteiger partial charge on any atom is -0.211 e. The molecule has 0 aliphatic carbocycles. The molecule has 0 amide bonds. The highest BCUT2D eigenvalue weighted by Crippen LogP contribution is 2.02. The van der Waals surface area contributed by atoms with Crippen molar-refractivity contribution in [2.45, 2.75) is 12.9 Å². The van der Waals surface area contributed by atoms with Gasteiger partial charge in [-0.25, -0.2) is 34.4 Å². The summed E-state index contributed by atoms with van der Waals surface area (Å²) in [5.41, 5.74) is 0. The van der Waals surface area contributed by atoms with Crippen molar-refractivity contribution in [3.05, 3.63) is 0 Å². The van der Waals surface area contributed by atoms with Crippen LogP contribution in [0.25, 0.3) is 0 Å².